The molecule has 1 aliphatic heterocycles. The van der Waals surface area contributed by atoms with Crippen LogP contribution in [-0.2, 0) is 9.59 Å². The van der Waals surface area contributed by atoms with Gasteiger partial charge in [0.15, 0.2) is 0 Å². The van der Waals surface area contributed by atoms with Crippen LogP contribution in [0.3, 0.4) is 0 Å². The van der Waals surface area contributed by atoms with E-state index in [0.717, 1.165) is 22.6 Å². The van der Waals surface area contributed by atoms with E-state index < -0.39 is 0 Å². The van der Waals surface area contributed by atoms with E-state index in [1.54, 1.807) is 7.11 Å². The van der Waals surface area contributed by atoms with E-state index in [1.165, 1.54) is 0 Å². The third-order valence-corrected chi connectivity index (χ3v) is 3.41. The Morgan fingerprint density at radius 1 is 1.42 bits per heavy atom. The number of nitrogens with one attached hydrogen (secondary N) is 2. The topological polar surface area (TPSA) is 67.4 Å². The van der Waals surface area contributed by atoms with Crippen LogP contribution in [0.2, 0.25) is 0 Å². The van der Waals surface area contributed by atoms with Crippen molar-refractivity contribution in [2.45, 2.75) is 20.3 Å². The summed E-state index contributed by atoms with van der Waals surface area (Å²) in [7, 11) is 1.61. The molecule has 5 heteroatoms. The quantitative estimate of drug-likeness (QED) is 0.865. The van der Waals surface area contributed by atoms with Crippen molar-refractivity contribution in [3.05, 3.63) is 23.3 Å². The molecule has 0 bridgehead atoms. The van der Waals surface area contributed by atoms with Gasteiger partial charge >= 0.3 is 0 Å². The maximum Gasteiger partial charge on any atom is 0.229 e. The molecular weight excluding hydrogens is 244 g/mol. The van der Waals surface area contributed by atoms with Crippen molar-refractivity contribution in [3.63, 3.8) is 0 Å². The summed E-state index contributed by atoms with van der Waals surface area (Å²) in [4.78, 5) is 23.2. The van der Waals surface area contributed by atoms with Gasteiger partial charge in [-0.2, -0.15) is 0 Å². The molecule has 0 saturated carbocycles. The number of methoxy groups -OCH3 is 1. The molecule has 1 fully saturated rings. The lowest BCUT2D eigenvalue weighted by Crippen LogP contribution is -2.25. The first-order chi connectivity index (χ1) is 9.02. The fourth-order valence-electron chi connectivity index (χ4n) is 2.30. The van der Waals surface area contributed by atoms with Gasteiger partial charge in [-0.25, -0.2) is 0 Å². The predicted molar refractivity (Wildman–Crippen MR) is 72.2 cm³/mol. The molecule has 0 radical (unpaired) electrons. The van der Waals surface area contributed by atoms with Crippen LogP contribution in [0.15, 0.2) is 12.1 Å². The summed E-state index contributed by atoms with van der Waals surface area (Å²) in [6.45, 7) is 4.27. The Labute approximate surface area is 112 Å². The Kier molecular flexibility index (Phi) is 3.74. The van der Waals surface area contributed by atoms with Gasteiger partial charge < -0.3 is 15.4 Å². The van der Waals surface area contributed by atoms with Gasteiger partial charge in [-0.05, 0) is 25.5 Å². The molecule has 1 heterocycles. The number of benzene rings is 1. The van der Waals surface area contributed by atoms with Gasteiger partial charge in [0.25, 0.3) is 0 Å². The summed E-state index contributed by atoms with van der Waals surface area (Å²) in [5.41, 5.74) is 2.65. The zero-order chi connectivity index (χ0) is 14.0. The lowest BCUT2D eigenvalue weighted by molar-refractivity contribution is -0.123. The minimum Gasteiger partial charge on any atom is -0.496 e. The van der Waals surface area contributed by atoms with Gasteiger partial charge in [0, 0.05) is 24.2 Å². The Morgan fingerprint density at radius 3 is 2.74 bits per heavy atom. The largest absolute Gasteiger partial charge is 0.496 e. The molecule has 0 aromatic heterocycles. The molecule has 1 atom stereocenters. The number of hydrogen-bond donors (Lipinski definition) is 2. The molecule has 1 aromatic carbocycles. The number of carbonyl (C=O) groups is 2. The molecule has 19 heavy (non-hydrogen) atoms. The fraction of sp³-hybridized carbons (Fsp3) is 0.429. The Morgan fingerprint density at radius 2 is 2.16 bits per heavy atom. The Bertz CT molecular complexity index is 526. The average molecular weight is 262 g/mol. The number of carbonyl (C=O) groups excluding carboxylic acids is 2. The highest BCUT2D eigenvalue weighted by molar-refractivity contribution is 5.97. The summed E-state index contributed by atoms with van der Waals surface area (Å²) in [5, 5.41) is 5.52. The summed E-state index contributed by atoms with van der Waals surface area (Å²) < 4.78 is 5.32. The van der Waals surface area contributed by atoms with Crippen molar-refractivity contribution in [3.8, 4) is 5.75 Å². The highest BCUT2D eigenvalue weighted by atomic mass is 16.5. The molecular formula is C14H18N2O3. The Balaban J connectivity index is 2.15. The van der Waals surface area contributed by atoms with Crippen molar-refractivity contribution >= 4 is 17.5 Å². The van der Waals surface area contributed by atoms with Crippen LogP contribution in [0.4, 0.5) is 5.69 Å². The monoisotopic (exact) mass is 262 g/mol. The summed E-state index contributed by atoms with van der Waals surface area (Å²) in [6, 6.07) is 3.76. The standard InChI is InChI=1S/C14H18N2O3/c1-8-4-5-11(9(2)13(8)19-3)16-14(18)10-6-12(17)15-7-10/h4-5,10H,6-7H2,1-3H3,(H,15,17)(H,16,18). The van der Waals surface area contributed by atoms with Gasteiger partial charge in [-0.15, -0.1) is 0 Å². The van der Waals surface area contributed by atoms with E-state index >= 15 is 0 Å². The third kappa shape index (κ3) is 2.70. The first kappa shape index (κ1) is 13.4. The van der Waals surface area contributed by atoms with Crippen LogP contribution in [0.25, 0.3) is 0 Å². The molecule has 2 amide bonds. The van der Waals surface area contributed by atoms with Crippen molar-refractivity contribution < 1.29 is 14.3 Å². The van der Waals surface area contributed by atoms with Crippen molar-refractivity contribution in [2.75, 3.05) is 19.0 Å². The van der Waals surface area contributed by atoms with Gasteiger partial charge in [0.1, 0.15) is 5.75 Å². The predicted octanol–water partition coefficient (Wildman–Crippen LogP) is 1.39. The molecule has 1 aliphatic rings. The summed E-state index contributed by atoms with van der Waals surface area (Å²) in [6.07, 6.45) is 0.258. The maximum absolute atomic E-state index is 12.1. The van der Waals surface area contributed by atoms with Crippen LogP contribution in [-0.4, -0.2) is 25.5 Å². The summed E-state index contributed by atoms with van der Waals surface area (Å²) >= 11 is 0. The highest BCUT2D eigenvalue weighted by Gasteiger charge is 2.28. The smallest absolute Gasteiger partial charge is 0.229 e. The number of rotatable bonds is 3. The number of hydrogen-bond acceptors (Lipinski definition) is 3. The SMILES string of the molecule is COc1c(C)ccc(NC(=O)C2CNC(=O)C2)c1C. The average Bonchev–Trinajstić information content (AvgIpc) is 2.80. The van der Waals surface area contributed by atoms with Crippen LogP contribution in [0, 0.1) is 19.8 Å². The molecule has 1 saturated heterocycles. The lowest BCUT2D eigenvalue weighted by atomic mass is 10.1. The van der Waals surface area contributed by atoms with E-state index in [-0.39, 0.29) is 24.2 Å². The second kappa shape index (κ2) is 5.30. The molecule has 102 valence electrons. The molecule has 1 aromatic rings. The number of anilines is 1. The maximum atomic E-state index is 12.1. The van der Waals surface area contributed by atoms with E-state index in [9.17, 15) is 9.59 Å². The van der Waals surface area contributed by atoms with Crippen molar-refractivity contribution in [1.29, 1.82) is 0 Å². The van der Waals surface area contributed by atoms with Crippen LogP contribution in [0.1, 0.15) is 17.5 Å². The third-order valence-electron chi connectivity index (χ3n) is 3.41. The van der Waals surface area contributed by atoms with E-state index in [2.05, 4.69) is 10.6 Å². The molecule has 2 rings (SSSR count). The van der Waals surface area contributed by atoms with Crippen molar-refractivity contribution in [1.82, 2.24) is 5.32 Å². The van der Waals surface area contributed by atoms with Crippen LogP contribution < -0.4 is 15.4 Å². The lowest BCUT2D eigenvalue weighted by Gasteiger charge is -2.15. The molecule has 2 N–H and O–H groups in total. The Hall–Kier alpha value is -2.04. The second-order valence-corrected chi connectivity index (χ2v) is 4.78. The first-order valence-corrected chi connectivity index (χ1v) is 6.24. The zero-order valence-corrected chi connectivity index (χ0v) is 11.4. The van der Waals surface area contributed by atoms with Crippen LogP contribution >= 0.6 is 0 Å². The highest BCUT2D eigenvalue weighted by Crippen LogP contribution is 2.29. The fourth-order valence-corrected chi connectivity index (χ4v) is 2.30. The minimum atomic E-state index is -0.292. The number of aryl methyl sites for hydroxylation is 1. The number of ether oxygens (including phenoxy) is 1. The number of amides is 2. The van der Waals surface area contributed by atoms with Gasteiger partial charge in [-0.1, -0.05) is 6.07 Å². The molecule has 5 nitrogen and oxygen atoms in total. The van der Waals surface area contributed by atoms with E-state index in [1.807, 2.05) is 26.0 Å². The van der Waals surface area contributed by atoms with Gasteiger partial charge in [0.2, 0.25) is 11.8 Å². The van der Waals surface area contributed by atoms with Crippen LogP contribution in [0.5, 0.6) is 5.75 Å². The minimum absolute atomic E-state index is 0.0710. The van der Waals surface area contributed by atoms with Gasteiger partial charge in [0.05, 0.1) is 13.0 Å². The summed E-state index contributed by atoms with van der Waals surface area (Å²) in [5.74, 6) is 0.281. The molecule has 0 spiro atoms. The second-order valence-electron chi connectivity index (χ2n) is 4.78. The van der Waals surface area contributed by atoms with E-state index in [0.29, 0.717) is 6.54 Å². The van der Waals surface area contributed by atoms with Gasteiger partial charge in [-0.3, -0.25) is 9.59 Å². The normalized spacial score (nSPS) is 18.1. The molecule has 1 unspecified atom stereocenters. The first-order valence-electron chi connectivity index (χ1n) is 6.24. The zero-order valence-electron chi connectivity index (χ0n) is 11.4. The van der Waals surface area contributed by atoms with Crippen molar-refractivity contribution in [2.24, 2.45) is 5.92 Å². The van der Waals surface area contributed by atoms with E-state index in [4.69, 9.17) is 4.74 Å². The molecule has 0 aliphatic carbocycles.